The van der Waals surface area contributed by atoms with Crippen LogP contribution < -0.4 is 15.2 Å². The molecule has 0 spiro atoms. The highest BCUT2D eigenvalue weighted by Crippen LogP contribution is 2.40. The Morgan fingerprint density at radius 2 is 2.00 bits per heavy atom. The van der Waals surface area contributed by atoms with E-state index in [1.807, 2.05) is 42.6 Å². The van der Waals surface area contributed by atoms with Gasteiger partial charge in [0.2, 0.25) is 0 Å². The lowest BCUT2D eigenvalue weighted by atomic mass is 9.93. The lowest BCUT2D eigenvalue weighted by Gasteiger charge is -2.23. The third kappa shape index (κ3) is 4.25. The zero-order valence-corrected chi connectivity index (χ0v) is 18.8. The Hall–Kier alpha value is -4.10. The monoisotopic (exact) mass is 455 g/mol. The van der Waals surface area contributed by atoms with Crippen LogP contribution in [0.3, 0.4) is 0 Å². The maximum atomic E-state index is 11.9. The fourth-order valence-electron chi connectivity index (χ4n) is 4.18. The number of carbonyl (C=O) groups is 1. The molecule has 0 atom stereocenters. The van der Waals surface area contributed by atoms with Gasteiger partial charge in [-0.3, -0.25) is 9.89 Å². The van der Waals surface area contributed by atoms with Gasteiger partial charge in [0.25, 0.3) is 0 Å². The Morgan fingerprint density at radius 1 is 1.09 bits per heavy atom. The van der Waals surface area contributed by atoms with E-state index in [9.17, 15) is 4.79 Å². The van der Waals surface area contributed by atoms with Crippen LogP contribution in [0.25, 0.3) is 22.3 Å². The minimum atomic E-state index is -0.318. The predicted molar refractivity (Wildman–Crippen MR) is 128 cm³/mol. The van der Waals surface area contributed by atoms with Crippen LogP contribution >= 0.6 is 0 Å². The number of H-pyrrole nitrogens is 1. The molecule has 0 aliphatic carbocycles. The zero-order chi connectivity index (χ0) is 23.5. The molecule has 3 N–H and O–H groups in total. The highest BCUT2D eigenvalue weighted by Gasteiger charge is 2.20. The van der Waals surface area contributed by atoms with E-state index in [2.05, 4.69) is 28.4 Å². The first-order valence-electron chi connectivity index (χ1n) is 11.0. The van der Waals surface area contributed by atoms with Gasteiger partial charge in [-0.2, -0.15) is 5.10 Å². The topological polar surface area (TPSA) is 99.5 Å². The van der Waals surface area contributed by atoms with Crippen LogP contribution in [0, 0.1) is 0 Å². The van der Waals surface area contributed by atoms with Gasteiger partial charge in [-0.05, 0) is 34.4 Å². The summed E-state index contributed by atoms with van der Waals surface area (Å²) in [6, 6.07) is 18.1. The highest BCUT2D eigenvalue weighted by molar-refractivity contribution is 5.77. The van der Waals surface area contributed by atoms with E-state index in [1.165, 1.54) is 7.11 Å². The molecule has 2 heterocycles. The second-order valence-electron chi connectivity index (χ2n) is 8.13. The van der Waals surface area contributed by atoms with Gasteiger partial charge in [0.15, 0.2) is 0 Å². The van der Waals surface area contributed by atoms with Gasteiger partial charge in [-0.25, -0.2) is 0 Å². The molecule has 0 saturated carbocycles. The van der Waals surface area contributed by atoms with E-state index in [0.717, 1.165) is 50.3 Å². The molecule has 7 heteroatoms. The zero-order valence-electron chi connectivity index (χ0n) is 18.8. The third-order valence-corrected chi connectivity index (χ3v) is 6.01. The number of aromatic nitrogens is 2. The van der Waals surface area contributed by atoms with Crippen LogP contribution in [0.2, 0.25) is 0 Å². The molecular formula is C27H25N3O4. The predicted octanol–water partition coefficient (Wildman–Crippen LogP) is 4.39. The fraction of sp³-hybridized carbons (Fsp3) is 0.185. The van der Waals surface area contributed by atoms with Gasteiger partial charge in [-0.15, -0.1) is 0 Å². The first-order chi connectivity index (χ1) is 16.7. The summed E-state index contributed by atoms with van der Waals surface area (Å²) in [6.45, 7) is 1.29. The van der Waals surface area contributed by atoms with Gasteiger partial charge in [-0.1, -0.05) is 42.5 Å². The number of benzene rings is 3. The molecule has 7 nitrogen and oxygen atoms in total. The van der Waals surface area contributed by atoms with Crippen LogP contribution in [0.5, 0.6) is 11.5 Å². The normalized spacial score (nSPS) is 11.8. The molecular weight excluding hydrogens is 430 g/mol. The maximum Gasteiger partial charge on any atom is 0.310 e. The number of nitrogens with one attached hydrogen (secondary N) is 1. The summed E-state index contributed by atoms with van der Waals surface area (Å²) in [6.07, 6.45) is 3.70. The van der Waals surface area contributed by atoms with E-state index < -0.39 is 0 Å². The van der Waals surface area contributed by atoms with Gasteiger partial charge in [0.05, 0.1) is 19.7 Å². The van der Waals surface area contributed by atoms with E-state index in [1.54, 1.807) is 6.20 Å². The summed E-state index contributed by atoms with van der Waals surface area (Å²) in [5.74, 6) is 1.17. The lowest BCUT2D eigenvalue weighted by molar-refractivity contribution is -0.139. The molecule has 1 aliphatic heterocycles. The second-order valence-corrected chi connectivity index (χ2v) is 8.13. The SMILES string of the molecule is COC(=O)Cc1ccc(-c2cn[nH]c2)cc1OCc1ccc2c(c1)-c1cccc(CN)c1OC2. The van der Waals surface area contributed by atoms with Gasteiger partial charge >= 0.3 is 5.97 Å². The van der Waals surface area contributed by atoms with Gasteiger partial charge < -0.3 is 19.9 Å². The van der Waals surface area contributed by atoms with Crippen molar-refractivity contribution in [2.75, 3.05) is 7.11 Å². The fourth-order valence-corrected chi connectivity index (χ4v) is 4.18. The van der Waals surface area contributed by atoms with Crippen molar-refractivity contribution in [2.45, 2.75) is 26.2 Å². The smallest absolute Gasteiger partial charge is 0.310 e. The number of esters is 1. The molecule has 0 amide bonds. The van der Waals surface area contributed by atoms with Crippen molar-refractivity contribution < 1.29 is 19.0 Å². The number of methoxy groups -OCH3 is 1. The number of carbonyl (C=O) groups excluding carboxylic acids is 1. The number of aromatic amines is 1. The Kier molecular flexibility index (Phi) is 6.01. The Morgan fingerprint density at radius 3 is 2.79 bits per heavy atom. The van der Waals surface area contributed by atoms with Crippen LogP contribution in [-0.4, -0.2) is 23.3 Å². The molecule has 0 bridgehead atoms. The number of para-hydroxylation sites is 1. The number of ether oxygens (including phenoxy) is 3. The molecule has 172 valence electrons. The molecule has 0 fully saturated rings. The Labute approximate surface area is 197 Å². The lowest BCUT2D eigenvalue weighted by Crippen LogP contribution is -2.10. The molecule has 0 unspecified atom stereocenters. The van der Waals surface area contributed by atoms with Crippen molar-refractivity contribution >= 4 is 5.97 Å². The van der Waals surface area contributed by atoms with Crippen LogP contribution in [0.15, 0.2) is 67.0 Å². The molecule has 1 aliphatic rings. The molecule has 1 aromatic heterocycles. The van der Waals surface area contributed by atoms with Crippen LogP contribution in [0.4, 0.5) is 0 Å². The largest absolute Gasteiger partial charge is 0.489 e. The maximum absolute atomic E-state index is 11.9. The summed E-state index contributed by atoms with van der Waals surface area (Å²) in [4.78, 5) is 11.9. The number of nitrogens with two attached hydrogens (primary N) is 1. The van der Waals surface area contributed by atoms with Gasteiger partial charge in [0.1, 0.15) is 24.7 Å². The highest BCUT2D eigenvalue weighted by atomic mass is 16.5. The summed E-state index contributed by atoms with van der Waals surface area (Å²) in [7, 11) is 1.38. The van der Waals surface area contributed by atoms with Crippen molar-refractivity contribution in [3.63, 3.8) is 0 Å². The van der Waals surface area contributed by atoms with Gasteiger partial charge in [0, 0.05) is 35.0 Å². The third-order valence-electron chi connectivity index (χ3n) is 6.01. The first-order valence-corrected chi connectivity index (χ1v) is 11.0. The van der Waals surface area contributed by atoms with E-state index in [4.69, 9.17) is 19.9 Å². The number of fused-ring (bicyclic) bond motifs is 3. The molecule has 3 aromatic carbocycles. The van der Waals surface area contributed by atoms with Crippen LogP contribution in [-0.2, 0) is 35.7 Å². The second kappa shape index (κ2) is 9.41. The number of hydrogen-bond donors (Lipinski definition) is 2. The van der Waals surface area contributed by atoms with Crippen molar-refractivity contribution in [3.8, 4) is 33.8 Å². The minimum absolute atomic E-state index is 0.133. The standard InChI is InChI=1S/C27H25N3O4/c1-32-26(31)11-19-8-7-18(22-13-29-30-14-22)10-25(19)33-15-17-5-6-21-16-34-27-20(12-28)3-2-4-23(27)24(21)9-17/h2-10,13-14H,11-12,15-16,28H2,1H3,(H,29,30). The van der Waals surface area contributed by atoms with Crippen molar-refractivity contribution in [1.29, 1.82) is 0 Å². The average molecular weight is 456 g/mol. The quantitative estimate of drug-likeness (QED) is 0.401. The average Bonchev–Trinajstić information content (AvgIpc) is 3.42. The summed E-state index contributed by atoms with van der Waals surface area (Å²) in [5.41, 5.74) is 13.9. The van der Waals surface area contributed by atoms with Crippen molar-refractivity contribution in [1.82, 2.24) is 10.2 Å². The molecule has 5 rings (SSSR count). The summed E-state index contributed by atoms with van der Waals surface area (Å²) in [5, 5.41) is 6.84. The van der Waals surface area contributed by atoms with E-state index in [0.29, 0.717) is 25.5 Å². The van der Waals surface area contributed by atoms with E-state index in [-0.39, 0.29) is 12.4 Å². The Balaban J connectivity index is 1.44. The molecule has 0 radical (unpaired) electrons. The number of hydrogen-bond acceptors (Lipinski definition) is 6. The Bertz CT molecular complexity index is 1330. The van der Waals surface area contributed by atoms with Crippen molar-refractivity contribution in [2.24, 2.45) is 5.73 Å². The van der Waals surface area contributed by atoms with E-state index >= 15 is 0 Å². The van der Waals surface area contributed by atoms with Crippen molar-refractivity contribution in [3.05, 3.63) is 89.2 Å². The molecule has 0 saturated heterocycles. The molecule has 34 heavy (non-hydrogen) atoms. The van der Waals surface area contributed by atoms with Crippen LogP contribution in [0.1, 0.15) is 22.3 Å². The molecule has 4 aromatic rings. The number of nitrogens with zero attached hydrogens (tertiary/aromatic N) is 1. The summed E-state index contributed by atoms with van der Waals surface area (Å²) >= 11 is 0. The summed E-state index contributed by atoms with van der Waals surface area (Å²) < 4.78 is 17.1. The minimum Gasteiger partial charge on any atom is -0.489 e. The first kappa shape index (κ1) is 21.7. The number of rotatable bonds is 7.